The molecule has 0 aliphatic heterocycles. The van der Waals surface area contributed by atoms with Crippen molar-refractivity contribution >= 4 is 11.9 Å². The van der Waals surface area contributed by atoms with Crippen LogP contribution in [-0.2, 0) is 4.79 Å². The van der Waals surface area contributed by atoms with Crippen molar-refractivity contribution in [1.82, 2.24) is 0 Å². The Morgan fingerprint density at radius 3 is 2.76 bits per heavy atom. The maximum Gasteiger partial charge on any atom is 0.181 e. The summed E-state index contributed by atoms with van der Waals surface area (Å²) in [7, 11) is 0. The summed E-state index contributed by atoms with van der Waals surface area (Å²) in [6.07, 6.45) is 6.27. The van der Waals surface area contributed by atoms with Gasteiger partial charge in [-0.25, -0.2) is 4.39 Å². The molecule has 1 aromatic carbocycles. The van der Waals surface area contributed by atoms with Crippen LogP contribution in [0.25, 0.3) is 6.08 Å². The van der Waals surface area contributed by atoms with Crippen LogP contribution in [-0.4, -0.2) is 17.0 Å². The molecule has 2 aliphatic carbocycles. The molecular formula is C18H19FO2. The van der Waals surface area contributed by atoms with E-state index in [1.807, 2.05) is 13.0 Å². The molecule has 3 heteroatoms. The molecule has 0 unspecified atom stereocenters. The van der Waals surface area contributed by atoms with Crippen LogP contribution in [0, 0.1) is 11.2 Å². The van der Waals surface area contributed by atoms with Crippen LogP contribution in [0.2, 0.25) is 0 Å². The summed E-state index contributed by atoms with van der Waals surface area (Å²) in [5.74, 6) is -0.273. The van der Waals surface area contributed by atoms with Gasteiger partial charge in [0.2, 0.25) is 0 Å². The van der Waals surface area contributed by atoms with Gasteiger partial charge in [-0.05, 0) is 55.5 Å². The van der Waals surface area contributed by atoms with Gasteiger partial charge in [-0.2, -0.15) is 0 Å². The topological polar surface area (TPSA) is 37.3 Å². The Balaban J connectivity index is 1.96. The second-order valence-electron chi connectivity index (χ2n) is 6.26. The van der Waals surface area contributed by atoms with Gasteiger partial charge >= 0.3 is 0 Å². The van der Waals surface area contributed by atoms with Crippen LogP contribution >= 0.6 is 0 Å². The number of hydrogen-bond donors (Lipinski definition) is 1. The molecular weight excluding hydrogens is 267 g/mol. The first-order valence-electron chi connectivity index (χ1n) is 7.38. The molecule has 0 spiro atoms. The maximum atomic E-state index is 12.9. The van der Waals surface area contributed by atoms with E-state index in [2.05, 4.69) is 0 Å². The molecule has 1 saturated carbocycles. The van der Waals surface area contributed by atoms with Crippen LogP contribution < -0.4 is 0 Å². The molecule has 1 aromatic rings. The number of carbonyl (C=O) groups excluding carboxylic acids is 1. The minimum absolute atomic E-state index is 0.0147. The lowest BCUT2D eigenvalue weighted by atomic mass is 9.63. The van der Waals surface area contributed by atoms with E-state index in [4.69, 9.17) is 0 Å². The molecule has 2 aliphatic rings. The molecule has 2 nitrogen and oxygen atoms in total. The third-order valence-electron chi connectivity index (χ3n) is 4.78. The monoisotopic (exact) mass is 286 g/mol. The molecule has 0 bridgehead atoms. The second-order valence-corrected chi connectivity index (χ2v) is 6.26. The summed E-state index contributed by atoms with van der Waals surface area (Å²) in [5.41, 5.74) is 2.24. The van der Waals surface area contributed by atoms with E-state index in [9.17, 15) is 14.3 Å². The zero-order chi connectivity index (χ0) is 15.0. The normalized spacial score (nSPS) is 31.0. The summed E-state index contributed by atoms with van der Waals surface area (Å²) in [4.78, 5) is 12.3. The largest absolute Gasteiger partial charge is 0.392 e. The summed E-state index contributed by atoms with van der Waals surface area (Å²) in [6.45, 7) is 2.04. The van der Waals surface area contributed by atoms with E-state index < -0.39 is 6.10 Å². The van der Waals surface area contributed by atoms with Gasteiger partial charge in [0.25, 0.3) is 0 Å². The first-order valence-corrected chi connectivity index (χ1v) is 7.38. The predicted octanol–water partition coefficient (Wildman–Crippen LogP) is 3.66. The summed E-state index contributed by atoms with van der Waals surface area (Å²) >= 11 is 0. The van der Waals surface area contributed by atoms with Crippen molar-refractivity contribution in [2.75, 3.05) is 0 Å². The van der Waals surface area contributed by atoms with Gasteiger partial charge in [0, 0.05) is 11.0 Å². The fourth-order valence-electron chi connectivity index (χ4n) is 3.39. The highest BCUT2D eigenvalue weighted by molar-refractivity contribution is 6.08. The second kappa shape index (κ2) is 5.23. The Labute approximate surface area is 124 Å². The molecule has 0 heterocycles. The highest BCUT2D eigenvalue weighted by atomic mass is 19.1. The van der Waals surface area contributed by atoms with Crippen molar-refractivity contribution in [2.45, 2.75) is 38.7 Å². The highest BCUT2D eigenvalue weighted by Gasteiger charge is 2.43. The van der Waals surface area contributed by atoms with Crippen LogP contribution in [0.1, 0.15) is 38.2 Å². The maximum absolute atomic E-state index is 12.9. The van der Waals surface area contributed by atoms with Crippen molar-refractivity contribution in [1.29, 1.82) is 0 Å². The SMILES string of the molecule is C[C@]12C/C(=C\c3ccc(F)cc3)C(=O)C=C1CCC[C@@H]2O. The minimum Gasteiger partial charge on any atom is -0.392 e. The van der Waals surface area contributed by atoms with E-state index in [1.54, 1.807) is 18.2 Å². The Morgan fingerprint density at radius 2 is 2.05 bits per heavy atom. The average molecular weight is 286 g/mol. The number of aliphatic hydroxyl groups is 1. The highest BCUT2D eigenvalue weighted by Crippen LogP contribution is 2.48. The van der Waals surface area contributed by atoms with Crippen LogP contribution in [0.3, 0.4) is 0 Å². The van der Waals surface area contributed by atoms with Gasteiger partial charge in [0.05, 0.1) is 6.10 Å². The van der Waals surface area contributed by atoms with E-state index in [1.165, 1.54) is 12.1 Å². The lowest BCUT2D eigenvalue weighted by Crippen LogP contribution is -2.40. The van der Waals surface area contributed by atoms with Crippen molar-refractivity contribution < 1.29 is 14.3 Å². The number of aliphatic hydroxyl groups excluding tert-OH is 1. The number of allylic oxidation sites excluding steroid dienone is 2. The van der Waals surface area contributed by atoms with Crippen molar-refractivity contribution in [3.8, 4) is 0 Å². The molecule has 0 amide bonds. The number of halogens is 1. The molecule has 1 fully saturated rings. The number of benzene rings is 1. The number of rotatable bonds is 1. The molecule has 0 radical (unpaired) electrons. The number of hydrogen-bond acceptors (Lipinski definition) is 2. The molecule has 1 N–H and O–H groups in total. The van der Waals surface area contributed by atoms with E-state index in [-0.39, 0.29) is 17.0 Å². The van der Waals surface area contributed by atoms with Crippen LogP contribution in [0.15, 0.2) is 41.5 Å². The van der Waals surface area contributed by atoms with Gasteiger partial charge in [-0.15, -0.1) is 0 Å². The third-order valence-corrected chi connectivity index (χ3v) is 4.78. The minimum atomic E-state index is -0.401. The Hall–Kier alpha value is -1.74. The smallest absolute Gasteiger partial charge is 0.181 e. The van der Waals surface area contributed by atoms with E-state index in [0.29, 0.717) is 12.0 Å². The van der Waals surface area contributed by atoms with Gasteiger partial charge < -0.3 is 5.11 Å². The third kappa shape index (κ3) is 2.58. The van der Waals surface area contributed by atoms with Crippen molar-refractivity contribution in [2.24, 2.45) is 5.41 Å². The first-order chi connectivity index (χ1) is 9.99. The Kier molecular flexibility index (Phi) is 3.54. The van der Waals surface area contributed by atoms with Crippen molar-refractivity contribution in [3.63, 3.8) is 0 Å². The number of ketones is 1. The van der Waals surface area contributed by atoms with E-state index >= 15 is 0 Å². The van der Waals surface area contributed by atoms with Gasteiger partial charge in [-0.3, -0.25) is 4.79 Å². The van der Waals surface area contributed by atoms with Crippen LogP contribution in [0.4, 0.5) is 4.39 Å². The zero-order valence-corrected chi connectivity index (χ0v) is 12.1. The standard InChI is InChI=1S/C18H19FO2/c1-18-11-13(9-12-5-7-15(19)8-6-12)16(20)10-14(18)3-2-4-17(18)21/h5-10,17,21H,2-4,11H2,1H3/b13-9+/t17-,18-/m0/s1. The number of fused-ring (bicyclic) bond motifs is 1. The summed E-state index contributed by atoms with van der Waals surface area (Å²) in [6, 6.07) is 6.10. The lowest BCUT2D eigenvalue weighted by Gasteiger charge is -2.43. The average Bonchev–Trinajstić information content (AvgIpc) is 2.45. The van der Waals surface area contributed by atoms with Crippen LogP contribution in [0.5, 0.6) is 0 Å². The quantitative estimate of drug-likeness (QED) is 0.800. The van der Waals surface area contributed by atoms with Gasteiger partial charge in [-0.1, -0.05) is 24.6 Å². The molecule has 3 rings (SSSR count). The first kappa shape index (κ1) is 14.2. The predicted molar refractivity (Wildman–Crippen MR) is 80.0 cm³/mol. The molecule has 2 atom stereocenters. The summed E-state index contributed by atoms with van der Waals surface area (Å²) in [5, 5.41) is 10.3. The number of carbonyl (C=O) groups is 1. The molecule has 0 saturated heterocycles. The van der Waals surface area contributed by atoms with E-state index in [0.717, 1.165) is 30.4 Å². The zero-order valence-electron chi connectivity index (χ0n) is 12.1. The van der Waals surface area contributed by atoms with Gasteiger partial charge in [0.1, 0.15) is 5.82 Å². The van der Waals surface area contributed by atoms with Crippen molar-refractivity contribution in [3.05, 3.63) is 52.9 Å². The Bertz CT molecular complexity index is 627. The molecule has 0 aromatic heterocycles. The fraction of sp³-hybridized carbons (Fsp3) is 0.389. The molecule has 21 heavy (non-hydrogen) atoms. The molecule has 110 valence electrons. The lowest BCUT2D eigenvalue weighted by molar-refractivity contribution is -0.112. The Morgan fingerprint density at radius 1 is 1.33 bits per heavy atom. The summed E-state index contributed by atoms with van der Waals surface area (Å²) < 4.78 is 12.9. The fourth-order valence-corrected chi connectivity index (χ4v) is 3.39. The van der Waals surface area contributed by atoms with Gasteiger partial charge in [0.15, 0.2) is 5.78 Å².